The molecule has 1 aliphatic heterocycles. The molecular weight excluding hydrogens is 307 g/mol. The van der Waals surface area contributed by atoms with Gasteiger partial charge in [0.15, 0.2) is 0 Å². The predicted molar refractivity (Wildman–Crippen MR) is 86.9 cm³/mol. The summed E-state index contributed by atoms with van der Waals surface area (Å²) in [5, 5.41) is 3.37. The first-order chi connectivity index (χ1) is 9.76. The van der Waals surface area contributed by atoms with Gasteiger partial charge in [0.1, 0.15) is 11.4 Å². The maximum atomic E-state index is 13.2. The summed E-state index contributed by atoms with van der Waals surface area (Å²) in [5.74, 6) is -0.240. The molecule has 0 aromatic heterocycles. The lowest BCUT2D eigenvalue weighted by Crippen LogP contribution is -2.49. The Morgan fingerprint density at radius 3 is 2.68 bits per heavy atom. The van der Waals surface area contributed by atoms with Crippen molar-refractivity contribution in [2.45, 2.75) is 39.3 Å². The molecule has 0 aliphatic carbocycles. The molecule has 0 radical (unpaired) electrons. The van der Waals surface area contributed by atoms with Crippen molar-refractivity contribution in [3.05, 3.63) is 35.1 Å². The molecule has 4 nitrogen and oxygen atoms in total. The number of halogens is 2. The van der Waals surface area contributed by atoms with Crippen LogP contribution in [-0.2, 0) is 4.74 Å². The van der Waals surface area contributed by atoms with Crippen molar-refractivity contribution >= 4 is 18.5 Å². The molecule has 1 fully saturated rings. The Bertz CT molecular complexity index is 531. The molecule has 0 saturated carbocycles. The number of amides is 1. The van der Waals surface area contributed by atoms with Crippen LogP contribution < -0.4 is 5.32 Å². The summed E-state index contributed by atoms with van der Waals surface area (Å²) >= 11 is 0. The molecule has 1 aromatic rings. The summed E-state index contributed by atoms with van der Waals surface area (Å²) in [6.45, 7) is 9.29. The van der Waals surface area contributed by atoms with Crippen LogP contribution in [-0.4, -0.2) is 36.2 Å². The molecule has 124 valence electrons. The van der Waals surface area contributed by atoms with Crippen LogP contribution in [0.5, 0.6) is 0 Å². The summed E-state index contributed by atoms with van der Waals surface area (Å²) in [4.78, 5) is 13.8. The molecule has 1 aliphatic rings. The molecule has 1 amide bonds. The Morgan fingerprint density at radius 1 is 1.41 bits per heavy atom. The first-order valence-electron chi connectivity index (χ1n) is 7.23. The topological polar surface area (TPSA) is 41.6 Å². The fourth-order valence-corrected chi connectivity index (χ4v) is 2.48. The van der Waals surface area contributed by atoms with Crippen LogP contribution in [0.25, 0.3) is 0 Å². The van der Waals surface area contributed by atoms with Gasteiger partial charge in [-0.25, -0.2) is 9.18 Å². The largest absolute Gasteiger partial charge is 0.444 e. The van der Waals surface area contributed by atoms with Gasteiger partial charge >= 0.3 is 6.09 Å². The fourth-order valence-electron chi connectivity index (χ4n) is 2.48. The molecule has 1 aromatic carbocycles. The highest BCUT2D eigenvalue weighted by atomic mass is 35.5. The van der Waals surface area contributed by atoms with Crippen molar-refractivity contribution in [1.82, 2.24) is 10.2 Å². The van der Waals surface area contributed by atoms with E-state index in [1.165, 1.54) is 12.1 Å². The molecular formula is C16H24ClFN2O2. The van der Waals surface area contributed by atoms with Gasteiger partial charge in [-0.1, -0.05) is 6.07 Å². The smallest absolute Gasteiger partial charge is 0.410 e. The van der Waals surface area contributed by atoms with Crippen molar-refractivity contribution in [1.29, 1.82) is 0 Å². The normalized spacial score (nSPS) is 18.6. The zero-order chi connectivity index (χ0) is 15.6. The number of aryl methyl sites for hydroxylation is 1. The van der Waals surface area contributed by atoms with E-state index in [2.05, 4.69) is 5.32 Å². The minimum Gasteiger partial charge on any atom is -0.444 e. The molecule has 1 saturated heterocycles. The van der Waals surface area contributed by atoms with Gasteiger partial charge in [0, 0.05) is 19.6 Å². The highest BCUT2D eigenvalue weighted by molar-refractivity contribution is 5.85. The Kier molecular flexibility index (Phi) is 6.20. The van der Waals surface area contributed by atoms with E-state index >= 15 is 0 Å². The second kappa shape index (κ2) is 7.29. The number of ether oxygens (including phenoxy) is 1. The van der Waals surface area contributed by atoms with Crippen LogP contribution in [0.4, 0.5) is 9.18 Å². The van der Waals surface area contributed by atoms with E-state index in [-0.39, 0.29) is 30.4 Å². The molecule has 22 heavy (non-hydrogen) atoms. The standard InChI is InChI=1S/C16H23FN2O2.ClH/c1-11-9-12(17)5-6-13(11)14-10-19(8-7-18-14)15(20)21-16(2,3)4;/h5-6,9,14,18H,7-8,10H2,1-4H3;1H. The zero-order valence-electron chi connectivity index (χ0n) is 13.5. The Hall–Kier alpha value is -1.33. The third kappa shape index (κ3) is 4.85. The quantitative estimate of drug-likeness (QED) is 0.857. The molecule has 6 heteroatoms. The maximum absolute atomic E-state index is 13.2. The van der Waals surface area contributed by atoms with E-state index in [1.807, 2.05) is 27.7 Å². The molecule has 1 unspecified atom stereocenters. The second-order valence-electron chi connectivity index (χ2n) is 6.43. The first kappa shape index (κ1) is 18.7. The summed E-state index contributed by atoms with van der Waals surface area (Å²) in [5.41, 5.74) is 1.41. The minimum absolute atomic E-state index is 0. The van der Waals surface area contributed by atoms with E-state index in [0.29, 0.717) is 19.6 Å². The number of nitrogens with zero attached hydrogens (tertiary/aromatic N) is 1. The third-order valence-corrected chi connectivity index (χ3v) is 3.43. The van der Waals surface area contributed by atoms with Crippen LogP contribution >= 0.6 is 12.4 Å². The van der Waals surface area contributed by atoms with Gasteiger partial charge in [-0.15, -0.1) is 12.4 Å². The van der Waals surface area contributed by atoms with Crippen molar-refractivity contribution in [3.8, 4) is 0 Å². The highest BCUT2D eigenvalue weighted by Gasteiger charge is 2.28. The average molecular weight is 331 g/mol. The number of benzene rings is 1. The summed E-state index contributed by atoms with van der Waals surface area (Å²) in [7, 11) is 0. The van der Waals surface area contributed by atoms with Gasteiger partial charge in [-0.2, -0.15) is 0 Å². The third-order valence-electron chi connectivity index (χ3n) is 3.43. The fraction of sp³-hybridized carbons (Fsp3) is 0.562. The SMILES string of the molecule is Cc1cc(F)ccc1C1CN(C(=O)OC(C)(C)C)CCN1.Cl. The monoisotopic (exact) mass is 330 g/mol. The van der Waals surface area contributed by atoms with Gasteiger partial charge in [0.05, 0.1) is 6.04 Å². The first-order valence-corrected chi connectivity index (χ1v) is 7.23. The van der Waals surface area contributed by atoms with Crippen molar-refractivity contribution in [2.24, 2.45) is 0 Å². The van der Waals surface area contributed by atoms with Gasteiger partial charge in [-0.05, 0) is 51.0 Å². The van der Waals surface area contributed by atoms with Crippen molar-refractivity contribution in [3.63, 3.8) is 0 Å². The van der Waals surface area contributed by atoms with E-state index in [4.69, 9.17) is 4.74 Å². The summed E-state index contributed by atoms with van der Waals surface area (Å²) in [6.07, 6.45) is -0.297. The van der Waals surface area contributed by atoms with Crippen LogP contribution in [0.15, 0.2) is 18.2 Å². The molecule has 0 spiro atoms. The molecule has 2 rings (SSSR count). The van der Waals surface area contributed by atoms with Crippen LogP contribution in [0, 0.1) is 12.7 Å². The van der Waals surface area contributed by atoms with Crippen molar-refractivity contribution in [2.75, 3.05) is 19.6 Å². The molecule has 1 heterocycles. The molecule has 1 N–H and O–H groups in total. The molecule has 0 bridgehead atoms. The highest BCUT2D eigenvalue weighted by Crippen LogP contribution is 2.22. The molecule has 1 atom stereocenters. The predicted octanol–water partition coefficient (Wildman–Crippen LogP) is 3.44. The Balaban J connectivity index is 0.00000242. The van der Waals surface area contributed by atoms with Gasteiger partial charge < -0.3 is 15.0 Å². The number of hydrogen-bond donors (Lipinski definition) is 1. The lowest BCUT2D eigenvalue weighted by atomic mass is 9.99. The van der Waals surface area contributed by atoms with Gasteiger partial charge in [0.25, 0.3) is 0 Å². The zero-order valence-corrected chi connectivity index (χ0v) is 14.3. The lowest BCUT2D eigenvalue weighted by molar-refractivity contribution is 0.0195. The number of hydrogen-bond acceptors (Lipinski definition) is 3. The number of carbonyl (C=O) groups excluding carboxylic acids is 1. The van der Waals surface area contributed by atoms with Crippen molar-refractivity contribution < 1.29 is 13.9 Å². The lowest BCUT2D eigenvalue weighted by Gasteiger charge is -2.35. The maximum Gasteiger partial charge on any atom is 0.410 e. The number of carbonyl (C=O) groups is 1. The van der Waals surface area contributed by atoms with E-state index < -0.39 is 5.60 Å². The number of piperazine rings is 1. The van der Waals surface area contributed by atoms with Gasteiger partial charge in [-0.3, -0.25) is 0 Å². The minimum atomic E-state index is -0.497. The summed E-state index contributed by atoms with van der Waals surface area (Å²) < 4.78 is 18.6. The summed E-state index contributed by atoms with van der Waals surface area (Å²) in [6, 6.07) is 4.76. The van der Waals surface area contributed by atoms with Crippen LogP contribution in [0.3, 0.4) is 0 Å². The average Bonchev–Trinajstić information content (AvgIpc) is 2.37. The van der Waals surface area contributed by atoms with E-state index in [9.17, 15) is 9.18 Å². The Labute approximate surface area is 137 Å². The van der Waals surface area contributed by atoms with Gasteiger partial charge in [0.2, 0.25) is 0 Å². The Morgan fingerprint density at radius 2 is 2.09 bits per heavy atom. The second-order valence-corrected chi connectivity index (χ2v) is 6.43. The van der Waals surface area contributed by atoms with E-state index in [0.717, 1.165) is 11.1 Å². The van der Waals surface area contributed by atoms with Crippen LogP contribution in [0.2, 0.25) is 0 Å². The van der Waals surface area contributed by atoms with E-state index in [1.54, 1.807) is 11.0 Å². The number of rotatable bonds is 1. The number of nitrogens with one attached hydrogen (secondary N) is 1. The van der Waals surface area contributed by atoms with Crippen LogP contribution in [0.1, 0.15) is 37.9 Å².